The van der Waals surface area contributed by atoms with Crippen molar-refractivity contribution in [2.45, 2.75) is 25.8 Å². The third-order valence-electron chi connectivity index (χ3n) is 3.84. The van der Waals surface area contributed by atoms with Gasteiger partial charge in [-0.15, -0.1) is 24.8 Å². The van der Waals surface area contributed by atoms with Crippen LogP contribution in [0.25, 0.3) is 11.0 Å². The Labute approximate surface area is 142 Å². The molecule has 122 valence electrons. The van der Waals surface area contributed by atoms with Gasteiger partial charge in [-0.1, -0.05) is 12.1 Å². The van der Waals surface area contributed by atoms with Gasteiger partial charge in [0, 0.05) is 38.5 Å². The number of imidazole rings is 1. The summed E-state index contributed by atoms with van der Waals surface area (Å²) in [7, 11) is 0. The average Bonchev–Trinajstić information content (AvgIpc) is 2.88. The molecule has 0 bridgehead atoms. The van der Waals surface area contributed by atoms with Crippen LogP contribution < -0.4 is 5.32 Å². The van der Waals surface area contributed by atoms with Gasteiger partial charge in [0.2, 0.25) is 5.91 Å². The van der Waals surface area contributed by atoms with E-state index in [9.17, 15) is 4.79 Å². The Kier molecular flexibility index (Phi) is 7.13. The van der Waals surface area contributed by atoms with E-state index in [1.54, 1.807) is 0 Å². The largest absolute Gasteiger partial charge is 0.342 e. The fraction of sp³-hybridized carbons (Fsp3) is 0.467. The molecule has 0 aliphatic carbocycles. The molecule has 2 N–H and O–H groups in total. The van der Waals surface area contributed by atoms with E-state index in [1.807, 2.05) is 29.2 Å². The number of aromatic amines is 1. The summed E-state index contributed by atoms with van der Waals surface area (Å²) in [6, 6.07) is 8.23. The maximum atomic E-state index is 12.3. The van der Waals surface area contributed by atoms with Gasteiger partial charge in [-0.2, -0.15) is 0 Å². The van der Waals surface area contributed by atoms with E-state index in [1.165, 1.54) is 0 Å². The van der Waals surface area contributed by atoms with Crippen molar-refractivity contribution in [3.8, 4) is 0 Å². The standard InChI is InChI=1S/C15H20N4O.2ClH/c1-11-10-16-8-9-19(11)15(20)7-6-14-17-12-4-2-3-5-13(12)18-14;;/h2-5,11,16H,6-10H2,1H3,(H,17,18);2*1H/t11-;;/m1../s1. The Hall–Kier alpha value is -1.30. The number of nitrogens with one attached hydrogen (secondary N) is 2. The van der Waals surface area contributed by atoms with Crippen molar-refractivity contribution in [1.29, 1.82) is 0 Å². The van der Waals surface area contributed by atoms with Crippen molar-refractivity contribution in [2.75, 3.05) is 19.6 Å². The number of nitrogens with zero attached hydrogens (tertiary/aromatic N) is 2. The van der Waals surface area contributed by atoms with E-state index < -0.39 is 0 Å². The van der Waals surface area contributed by atoms with Gasteiger partial charge in [0.15, 0.2) is 0 Å². The van der Waals surface area contributed by atoms with Crippen LogP contribution in [0.3, 0.4) is 0 Å². The number of carbonyl (C=O) groups is 1. The van der Waals surface area contributed by atoms with Gasteiger partial charge in [-0.05, 0) is 19.1 Å². The number of carbonyl (C=O) groups excluding carboxylic acids is 1. The molecular weight excluding hydrogens is 323 g/mol. The fourth-order valence-corrected chi connectivity index (χ4v) is 2.70. The maximum absolute atomic E-state index is 12.3. The first-order valence-electron chi connectivity index (χ1n) is 7.18. The lowest BCUT2D eigenvalue weighted by atomic mass is 10.2. The van der Waals surface area contributed by atoms with Gasteiger partial charge in [-0.3, -0.25) is 4.79 Å². The first-order valence-corrected chi connectivity index (χ1v) is 7.18. The lowest BCUT2D eigenvalue weighted by Gasteiger charge is -2.34. The van der Waals surface area contributed by atoms with E-state index in [0.29, 0.717) is 12.8 Å². The number of H-pyrrole nitrogens is 1. The zero-order valence-electron chi connectivity index (χ0n) is 12.5. The van der Waals surface area contributed by atoms with Crippen molar-refractivity contribution in [3.63, 3.8) is 0 Å². The van der Waals surface area contributed by atoms with Gasteiger partial charge in [-0.25, -0.2) is 4.98 Å². The highest BCUT2D eigenvalue weighted by atomic mass is 35.5. The molecule has 1 aromatic heterocycles. The lowest BCUT2D eigenvalue weighted by molar-refractivity contribution is -0.133. The molecule has 0 spiro atoms. The monoisotopic (exact) mass is 344 g/mol. The van der Waals surface area contributed by atoms with Crippen LogP contribution in [0.15, 0.2) is 24.3 Å². The van der Waals surface area contributed by atoms with Crippen LogP contribution in [0.5, 0.6) is 0 Å². The van der Waals surface area contributed by atoms with Crippen molar-refractivity contribution >= 4 is 41.8 Å². The number of rotatable bonds is 3. The molecule has 1 aliphatic rings. The molecule has 3 rings (SSSR count). The molecule has 1 saturated heterocycles. The SMILES string of the molecule is C[C@@H]1CNCCN1C(=O)CCc1nc2ccccc2[nH]1.Cl.Cl. The summed E-state index contributed by atoms with van der Waals surface area (Å²) in [6.07, 6.45) is 1.19. The molecule has 22 heavy (non-hydrogen) atoms. The molecule has 5 nitrogen and oxygen atoms in total. The van der Waals surface area contributed by atoms with Gasteiger partial charge in [0.05, 0.1) is 11.0 Å². The van der Waals surface area contributed by atoms with E-state index in [4.69, 9.17) is 0 Å². The van der Waals surface area contributed by atoms with Gasteiger partial charge in [0.1, 0.15) is 5.82 Å². The normalized spacial score (nSPS) is 17.7. The van der Waals surface area contributed by atoms with Crippen LogP contribution in [-0.4, -0.2) is 46.5 Å². The van der Waals surface area contributed by atoms with Gasteiger partial charge >= 0.3 is 0 Å². The Bertz CT molecular complexity index is 583. The molecule has 1 aliphatic heterocycles. The first-order chi connectivity index (χ1) is 9.74. The summed E-state index contributed by atoms with van der Waals surface area (Å²) in [5.74, 6) is 1.11. The zero-order valence-corrected chi connectivity index (χ0v) is 14.2. The third-order valence-corrected chi connectivity index (χ3v) is 3.84. The average molecular weight is 345 g/mol. The molecule has 2 heterocycles. The number of aromatic nitrogens is 2. The number of fused-ring (bicyclic) bond motifs is 1. The lowest BCUT2D eigenvalue weighted by Crippen LogP contribution is -2.52. The second kappa shape index (κ2) is 8.36. The highest BCUT2D eigenvalue weighted by Crippen LogP contribution is 2.12. The van der Waals surface area contributed by atoms with Gasteiger partial charge in [0.25, 0.3) is 0 Å². The molecular formula is C15H22Cl2N4O. The maximum Gasteiger partial charge on any atom is 0.223 e. The van der Waals surface area contributed by atoms with E-state index >= 15 is 0 Å². The van der Waals surface area contributed by atoms with Crippen LogP contribution in [-0.2, 0) is 11.2 Å². The van der Waals surface area contributed by atoms with Crippen LogP contribution in [0.1, 0.15) is 19.2 Å². The number of aryl methyl sites for hydroxylation is 1. The molecule has 1 fully saturated rings. The van der Waals surface area contributed by atoms with Crippen molar-refractivity contribution in [1.82, 2.24) is 20.2 Å². The van der Waals surface area contributed by atoms with Crippen molar-refractivity contribution in [3.05, 3.63) is 30.1 Å². The summed E-state index contributed by atoms with van der Waals surface area (Å²) >= 11 is 0. The number of piperazine rings is 1. The number of amides is 1. The fourth-order valence-electron chi connectivity index (χ4n) is 2.70. The van der Waals surface area contributed by atoms with E-state index in [-0.39, 0.29) is 36.8 Å². The van der Waals surface area contributed by atoms with Crippen LogP contribution >= 0.6 is 24.8 Å². The van der Waals surface area contributed by atoms with E-state index in [2.05, 4.69) is 22.2 Å². The Morgan fingerprint density at radius 1 is 1.36 bits per heavy atom. The quantitative estimate of drug-likeness (QED) is 0.896. The first kappa shape index (κ1) is 18.7. The zero-order chi connectivity index (χ0) is 13.9. The molecule has 7 heteroatoms. The molecule has 2 aromatic rings. The Balaban J connectivity index is 0.00000121. The minimum atomic E-state index is 0. The predicted molar refractivity (Wildman–Crippen MR) is 93.0 cm³/mol. The van der Waals surface area contributed by atoms with Crippen molar-refractivity contribution < 1.29 is 4.79 Å². The second-order valence-electron chi connectivity index (χ2n) is 5.34. The topological polar surface area (TPSA) is 61.0 Å². The molecule has 1 atom stereocenters. The number of para-hydroxylation sites is 2. The smallest absolute Gasteiger partial charge is 0.223 e. The predicted octanol–water partition coefficient (Wildman–Crippen LogP) is 2.16. The number of halogens is 2. The Morgan fingerprint density at radius 2 is 2.14 bits per heavy atom. The Morgan fingerprint density at radius 3 is 2.86 bits per heavy atom. The van der Waals surface area contributed by atoms with Gasteiger partial charge < -0.3 is 15.2 Å². The summed E-state index contributed by atoms with van der Waals surface area (Å²) in [5, 5.41) is 3.30. The third kappa shape index (κ3) is 4.12. The summed E-state index contributed by atoms with van der Waals surface area (Å²) in [6.45, 7) is 4.67. The molecule has 0 saturated carbocycles. The minimum Gasteiger partial charge on any atom is -0.342 e. The summed E-state index contributed by atoms with van der Waals surface area (Å²) in [4.78, 5) is 22.0. The highest BCUT2D eigenvalue weighted by Gasteiger charge is 2.22. The second-order valence-corrected chi connectivity index (χ2v) is 5.34. The number of hydrogen-bond donors (Lipinski definition) is 2. The molecule has 0 radical (unpaired) electrons. The molecule has 1 aromatic carbocycles. The summed E-state index contributed by atoms with van der Waals surface area (Å²) < 4.78 is 0. The number of benzene rings is 1. The highest BCUT2D eigenvalue weighted by molar-refractivity contribution is 5.85. The number of hydrogen-bond acceptors (Lipinski definition) is 3. The molecule has 1 amide bonds. The summed E-state index contributed by atoms with van der Waals surface area (Å²) in [5.41, 5.74) is 2.00. The minimum absolute atomic E-state index is 0. The molecule has 0 unspecified atom stereocenters. The van der Waals surface area contributed by atoms with E-state index in [0.717, 1.165) is 36.5 Å². The van der Waals surface area contributed by atoms with Crippen LogP contribution in [0, 0.1) is 0 Å². The van der Waals surface area contributed by atoms with Crippen molar-refractivity contribution in [2.24, 2.45) is 0 Å². The van der Waals surface area contributed by atoms with Crippen LogP contribution in [0.4, 0.5) is 0 Å². The van der Waals surface area contributed by atoms with Crippen LogP contribution in [0.2, 0.25) is 0 Å².